The lowest BCUT2D eigenvalue weighted by molar-refractivity contribution is -0.122. The molecule has 222 valence electrons. The molecule has 0 bridgehead atoms. The Morgan fingerprint density at radius 1 is 1.07 bits per heavy atom. The van der Waals surface area contributed by atoms with Crippen LogP contribution >= 0.6 is 12.4 Å². The Labute approximate surface area is 244 Å². The maximum absolute atomic E-state index is 13.0. The van der Waals surface area contributed by atoms with E-state index in [9.17, 15) is 18.0 Å². The first-order valence-corrected chi connectivity index (χ1v) is 15.3. The van der Waals surface area contributed by atoms with Gasteiger partial charge in [0, 0.05) is 25.2 Å². The Bertz CT molecular complexity index is 1170. The molecule has 3 rings (SSSR count). The number of nitrogens with zero attached hydrogens (tertiary/aromatic N) is 2. The van der Waals surface area contributed by atoms with Crippen LogP contribution in [0.5, 0.6) is 0 Å². The highest BCUT2D eigenvalue weighted by molar-refractivity contribution is 7.92. The number of ether oxygens (including phenoxy) is 1. The van der Waals surface area contributed by atoms with Crippen molar-refractivity contribution in [1.29, 1.82) is 0 Å². The Morgan fingerprint density at radius 2 is 1.77 bits per heavy atom. The third-order valence-corrected chi connectivity index (χ3v) is 7.74. The molecular weight excluding hydrogens is 554 g/mol. The topological polar surface area (TPSA) is 130 Å². The van der Waals surface area contributed by atoms with E-state index in [2.05, 4.69) is 32.2 Å². The number of carbonyl (C=O) groups is 2. The van der Waals surface area contributed by atoms with Gasteiger partial charge in [-0.15, -0.1) is 12.4 Å². The second-order valence-corrected chi connectivity index (χ2v) is 12.0. The van der Waals surface area contributed by atoms with Gasteiger partial charge in [-0.1, -0.05) is 39.3 Å². The summed E-state index contributed by atoms with van der Waals surface area (Å²) in [6.07, 6.45) is 5.23. The zero-order chi connectivity index (χ0) is 28.3. The first kappa shape index (κ1) is 33.3. The van der Waals surface area contributed by atoms with Gasteiger partial charge in [-0.25, -0.2) is 13.4 Å². The Balaban J connectivity index is 0.00000560. The maximum atomic E-state index is 13.0. The molecule has 1 aliphatic heterocycles. The van der Waals surface area contributed by atoms with Crippen LogP contribution in [0.1, 0.15) is 56.0 Å². The van der Waals surface area contributed by atoms with E-state index < -0.39 is 33.6 Å². The standard InChI is InChI=1S/C28H41N5O5S.ClH/c1-4-5-6-22-7-9-23(10-8-22)27(34)31-25(28(35)29-14-13-21(2)3)20-39(36,37)32-24-11-12-26(30-19-24)33-15-17-38-18-16-33;/h7-12,19,21,25,32H,4-6,13-18,20H2,1-3H3,(H,29,35)(H,31,34);1H/t25-;/m1./s1. The van der Waals surface area contributed by atoms with E-state index >= 15 is 0 Å². The number of unbranched alkanes of at least 4 members (excludes halogenated alkanes) is 1. The van der Waals surface area contributed by atoms with Crippen LogP contribution in [0.15, 0.2) is 42.6 Å². The van der Waals surface area contributed by atoms with Crippen molar-refractivity contribution in [2.24, 2.45) is 5.92 Å². The molecule has 1 fully saturated rings. The summed E-state index contributed by atoms with van der Waals surface area (Å²) in [6, 6.07) is 9.26. The van der Waals surface area contributed by atoms with Gasteiger partial charge < -0.3 is 20.3 Å². The molecule has 10 nitrogen and oxygen atoms in total. The summed E-state index contributed by atoms with van der Waals surface area (Å²) in [7, 11) is -4.00. The predicted molar refractivity (Wildman–Crippen MR) is 161 cm³/mol. The number of hydrogen-bond donors (Lipinski definition) is 3. The van der Waals surface area contributed by atoms with Crippen molar-refractivity contribution in [1.82, 2.24) is 15.6 Å². The molecule has 1 aromatic carbocycles. The molecule has 3 N–H and O–H groups in total. The van der Waals surface area contributed by atoms with Crippen LogP contribution in [0.25, 0.3) is 0 Å². The van der Waals surface area contributed by atoms with Gasteiger partial charge in [0.2, 0.25) is 15.9 Å². The van der Waals surface area contributed by atoms with Crippen molar-refractivity contribution in [3.8, 4) is 0 Å². The lowest BCUT2D eigenvalue weighted by Crippen LogP contribution is -2.51. The van der Waals surface area contributed by atoms with E-state index in [1.807, 2.05) is 26.0 Å². The number of sulfonamides is 1. The van der Waals surface area contributed by atoms with Gasteiger partial charge in [0.15, 0.2) is 0 Å². The van der Waals surface area contributed by atoms with E-state index in [4.69, 9.17) is 4.74 Å². The van der Waals surface area contributed by atoms with Gasteiger partial charge in [0.05, 0.1) is 30.9 Å². The number of benzene rings is 1. The quantitative estimate of drug-likeness (QED) is 0.305. The summed E-state index contributed by atoms with van der Waals surface area (Å²) in [5, 5.41) is 5.38. The summed E-state index contributed by atoms with van der Waals surface area (Å²) in [6.45, 7) is 9.23. The number of amides is 2. The summed E-state index contributed by atoms with van der Waals surface area (Å²) < 4.78 is 33.9. The lowest BCUT2D eigenvalue weighted by atomic mass is 10.1. The van der Waals surface area contributed by atoms with Crippen LogP contribution in [0, 0.1) is 5.92 Å². The van der Waals surface area contributed by atoms with Gasteiger partial charge >= 0.3 is 0 Å². The maximum Gasteiger partial charge on any atom is 0.251 e. The largest absolute Gasteiger partial charge is 0.378 e. The smallest absolute Gasteiger partial charge is 0.251 e. The third-order valence-electron chi connectivity index (χ3n) is 6.42. The average molecular weight is 596 g/mol. The summed E-state index contributed by atoms with van der Waals surface area (Å²) in [5.41, 5.74) is 1.76. The van der Waals surface area contributed by atoms with Gasteiger partial charge in [-0.3, -0.25) is 14.3 Å². The summed E-state index contributed by atoms with van der Waals surface area (Å²) >= 11 is 0. The molecule has 0 spiro atoms. The van der Waals surface area contributed by atoms with Crippen LogP contribution < -0.4 is 20.3 Å². The first-order chi connectivity index (χ1) is 18.7. The fourth-order valence-corrected chi connectivity index (χ4v) is 5.34. The lowest BCUT2D eigenvalue weighted by Gasteiger charge is -2.27. The molecular formula is C28H42ClN5O5S. The zero-order valence-electron chi connectivity index (χ0n) is 23.5. The van der Waals surface area contributed by atoms with Gasteiger partial charge in [0.1, 0.15) is 11.9 Å². The van der Waals surface area contributed by atoms with Gasteiger partial charge in [0.25, 0.3) is 5.91 Å². The van der Waals surface area contributed by atoms with E-state index in [1.54, 1.807) is 24.3 Å². The molecule has 40 heavy (non-hydrogen) atoms. The van der Waals surface area contributed by atoms with Gasteiger partial charge in [-0.2, -0.15) is 0 Å². The molecule has 1 saturated heterocycles. The molecule has 2 heterocycles. The van der Waals surface area contributed by atoms with Crippen LogP contribution in [0.4, 0.5) is 11.5 Å². The van der Waals surface area contributed by atoms with Crippen molar-refractivity contribution in [3.63, 3.8) is 0 Å². The zero-order valence-corrected chi connectivity index (χ0v) is 25.2. The fraction of sp³-hybridized carbons (Fsp3) is 0.536. The molecule has 0 unspecified atom stereocenters. The Morgan fingerprint density at radius 3 is 2.38 bits per heavy atom. The van der Waals surface area contributed by atoms with Crippen LogP contribution in [0.3, 0.4) is 0 Å². The SMILES string of the molecule is CCCCc1ccc(C(=O)N[C@H](CS(=O)(=O)Nc2ccc(N3CCOCC3)nc2)C(=O)NCCC(C)C)cc1.Cl. The number of aryl methyl sites for hydroxylation is 1. The second kappa shape index (κ2) is 16.4. The number of rotatable bonds is 14. The summed E-state index contributed by atoms with van der Waals surface area (Å²) in [5.74, 6) is -0.575. The minimum absolute atomic E-state index is 0. The number of morpholine rings is 1. The van der Waals surface area contributed by atoms with Crippen molar-refractivity contribution >= 4 is 45.7 Å². The normalized spacial score (nSPS) is 14.2. The highest BCUT2D eigenvalue weighted by atomic mass is 35.5. The number of hydrogen-bond acceptors (Lipinski definition) is 7. The fourth-order valence-electron chi connectivity index (χ4n) is 4.10. The molecule has 2 amide bonds. The van der Waals surface area contributed by atoms with Crippen LogP contribution in [-0.4, -0.2) is 69.9 Å². The third kappa shape index (κ3) is 10.9. The Kier molecular flexibility index (Phi) is 13.7. The van der Waals surface area contributed by atoms with Crippen molar-refractivity contribution in [3.05, 3.63) is 53.7 Å². The van der Waals surface area contributed by atoms with Crippen molar-refractivity contribution in [2.45, 2.75) is 52.5 Å². The number of aromatic nitrogens is 1. The van der Waals surface area contributed by atoms with Crippen molar-refractivity contribution < 1.29 is 22.7 Å². The monoisotopic (exact) mass is 595 g/mol. The van der Waals surface area contributed by atoms with E-state index in [1.165, 1.54) is 6.20 Å². The number of carbonyl (C=O) groups excluding carboxylic acids is 2. The molecule has 0 radical (unpaired) electrons. The van der Waals surface area contributed by atoms with E-state index in [-0.39, 0.29) is 18.1 Å². The Hall–Kier alpha value is -2.89. The minimum atomic E-state index is -4.00. The molecule has 1 atom stereocenters. The number of halogens is 1. The second-order valence-electron chi connectivity index (χ2n) is 10.2. The van der Waals surface area contributed by atoms with Crippen molar-refractivity contribution in [2.75, 3.05) is 48.2 Å². The highest BCUT2D eigenvalue weighted by Gasteiger charge is 2.28. The average Bonchev–Trinajstić information content (AvgIpc) is 2.92. The number of pyridine rings is 1. The minimum Gasteiger partial charge on any atom is -0.378 e. The molecule has 1 aliphatic rings. The molecule has 1 aromatic heterocycles. The predicted octanol–water partition coefficient (Wildman–Crippen LogP) is 3.39. The number of nitrogens with one attached hydrogen (secondary N) is 3. The molecule has 12 heteroatoms. The van der Waals surface area contributed by atoms with Gasteiger partial charge in [-0.05, 0) is 55.0 Å². The molecule has 0 aliphatic carbocycles. The summed E-state index contributed by atoms with van der Waals surface area (Å²) in [4.78, 5) is 32.4. The molecule has 2 aromatic rings. The van der Waals surface area contributed by atoms with E-state index in [0.29, 0.717) is 44.3 Å². The first-order valence-electron chi connectivity index (χ1n) is 13.6. The van der Waals surface area contributed by atoms with Crippen LogP contribution in [-0.2, 0) is 26.0 Å². The van der Waals surface area contributed by atoms with Crippen LogP contribution in [0.2, 0.25) is 0 Å². The number of anilines is 2. The highest BCUT2D eigenvalue weighted by Crippen LogP contribution is 2.17. The molecule has 0 saturated carbocycles. The van der Waals surface area contributed by atoms with E-state index in [0.717, 1.165) is 37.1 Å².